The third-order valence-electron chi connectivity index (χ3n) is 3.62. The molecule has 90 valence electrons. The molecule has 0 N–H and O–H groups in total. The highest BCUT2D eigenvalue weighted by Crippen LogP contribution is 2.47. The van der Waals surface area contributed by atoms with Gasteiger partial charge in [-0.2, -0.15) is 12.6 Å². The first-order valence-corrected chi connectivity index (χ1v) is 6.61. The van der Waals surface area contributed by atoms with Crippen molar-refractivity contribution >= 4 is 12.6 Å². The second kappa shape index (κ2) is 4.67. The van der Waals surface area contributed by atoms with Crippen LogP contribution in [-0.4, -0.2) is 19.0 Å². The maximum Gasteiger partial charge on any atom is 0.0498 e. The molecular weight excluding hydrogens is 204 g/mol. The van der Waals surface area contributed by atoms with Crippen molar-refractivity contribution in [3.05, 3.63) is 0 Å². The molecule has 1 saturated heterocycles. The van der Waals surface area contributed by atoms with Gasteiger partial charge in [-0.3, -0.25) is 0 Å². The fraction of sp³-hybridized carbons (Fsp3) is 1.00. The van der Waals surface area contributed by atoms with E-state index in [4.69, 9.17) is 4.74 Å². The number of hydrogen-bond acceptors (Lipinski definition) is 2. The molecule has 0 aliphatic carbocycles. The maximum absolute atomic E-state index is 5.55. The van der Waals surface area contributed by atoms with Crippen LogP contribution in [-0.2, 0) is 4.74 Å². The van der Waals surface area contributed by atoms with Crippen LogP contribution in [0.25, 0.3) is 0 Å². The summed E-state index contributed by atoms with van der Waals surface area (Å²) < 4.78 is 5.55. The number of hydrogen-bond donors (Lipinski definition) is 1. The normalized spacial score (nSPS) is 25.6. The van der Waals surface area contributed by atoms with Crippen molar-refractivity contribution in [2.45, 2.75) is 41.0 Å². The van der Waals surface area contributed by atoms with Crippen LogP contribution in [0.4, 0.5) is 0 Å². The minimum Gasteiger partial charge on any atom is -0.381 e. The lowest BCUT2D eigenvalue weighted by Gasteiger charge is -2.45. The van der Waals surface area contributed by atoms with Gasteiger partial charge in [-0.05, 0) is 34.8 Å². The van der Waals surface area contributed by atoms with E-state index in [2.05, 4.69) is 47.2 Å². The predicted octanol–water partition coefficient (Wildman–Crippen LogP) is 3.64. The average molecular weight is 230 g/mol. The summed E-state index contributed by atoms with van der Waals surface area (Å²) in [6, 6.07) is 0. The van der Waals surface area contributed by atoms with E-state index in [1.807, 2.05) is 0 Å². The highest BCUT2D eigenvalue weighted by atomic mass is 32.1. The molecule has 0 amide bonds. The van der Waals surface area contributed by atoms with Crippen LogP contribution in [0.3, 0.4) is 0 Å². The first kappa shape index (κ1) is 13.4. The first-order valence-electron chi connectivity index (χ1n) is 5.97. The van der Waals surface area contributed by atoms with Crippen molar-refractivity contribution in [1.29, 1.82) is 0 Å². The van der Waals surface area contributed by atoms with E-state index in [0.717, 1.165) is 19.0 Å². The van der Waals surface area contributed by atoms with Crippen LogP contribution in [0.2, 0.25) is 0 Å². The lowest BCUT2D eigenvalue weighted by molar-refractivity contribution is 0.0384. The molecule has 1 rings (SSSR count). The summed E-state index contributed by atoms with van der Waals surface area (Å²) in [7, 11) is 0. The van der Waals surface area contributed by atoms with Crippen molar-refractivity contribution < 1.29 is 4.74 Å². The van der Waals surface area contributed by atoms with Gasteiger partial charge in [-0.15, -0.1) is 0 Å². The Morgan fingerprint density at radius 2 is 1.87 bits per heavy atom. The Hall–Kier alpha value is 0.310. The second-order valence-corrected chi connectivity index (χ2v) is 6.93. The molecule has 1 aliphatic heterocycles. The van der Waals surface area contributed by atoms with Crippen LogP contribution >= 0.6 is 12.6 Å². The third kappa shape index (κ3) is 3.13. The molecule has 2 heteroatoms. The van der Waals surface area contributed by atoms with Crippen LogP contribution in [0.15, 0.2) is 0 Å². The zero-order valence-electron chi connectivity index (χ0n) is 10.8. The summed E-state index contributed by atoms with van der Waals surface area (Å²) in [6.07, 6.45) is 1.22. The predicted molar refractivity (Wildman–Crippen MR) is 69.5 cm³/mol. The molecule has 1 fully saturated rings. The molecular formula is C13H26OS. The molecule has 0 aromatic rings. The minimum atomic E-state index is 0.291. The summed E-state index contributed by atoms with van der Waals surface area (Å²) in [5.74, 6) is 2.35. The second-order valence-electron chi connectivity index (χ2n) is 6.61. The Balaban J connectivity index is 2.87. The van der Waals surface area contributed by atoms with Crippen LogP contribution < -0.4 is 0 Å². The molecule has 0 radical (unpaired) electrons. The number of ether oxygens (including phenoxy) is 1. The molecule has 0 bridgehead atoms. The van der Waals surface area contributed by atoms with E-state index >= 15 is 0 Å². The van der Waals surface area contributed by atoms with Gasteiger partial charge in [-0.25, -0.2) is 0 Å². The van der Waals surface area contributed by atoms with Gasteiger partial charge >= 0.3 is 0 Å². The Kier molecular flexibility index (Phi) is 4.16. The van der Waals surface area contributed by atoms with Gasteiger partial charge < -0.3 is 4.74 Å². The zero-order chi connectivity index (χ0) is 11.7. The van der Waals surface area contributed by atoms with Crippen LogP contribution in [0.5, 0.6) is 0 Å². The number of rotatable bonds is 3. The van der Waals surface area contributed by atoms with E-state index in [1.165, 1.54) is 6.42 Å². The Labute approximate surface area is 100 Å². The number of thiol groups is 1. The largest absolute Gasteiger partial charge is 0.381 e. The zero-order valence-corrected chi connectivity index (χ0v) is 11.7. The summed E-state index contributed by atoms with van der Waals surface area (Å²) in [4.78, 5) is 0. The van der Waals surface area contributed by atoms with Crippen molar-refractivity contribution in [2.24, 2.45) is 22.7 Å². The minimum absolute atomic E-state index is 0.291. The third-order valence-corrected chi connectivity index (χ3v) is 4.43. The van der Waals surface area contributed by atoms with Gasteiger partial charge in [-0.1, -0.05) is 34.6 Å². The quantitative estimate of drug-likeness (QED) is 0.728. The van der Waals surface area contributed by atoms with E-state index in [9.17, 15) is 0 Å². The lowest BCUT2D eigenvalue weighted by Crippen LogP contribution is -2.41. The first-order chi connectivity index (χ1) is 6.79. The van der Waals surface area contributed by atoms with E-state index in [0.29, 0.717) is 22.7 Å². The molecule has 1 aliphatic rings. The van der Waals surface area contributed by atoms with Gasteiger partial charge in [0, 0.05) is 13.2 Å². The monoisotopic (exact) mass is 230 g/mol. The van der Waals surface area contributed by atoms with Gasteiger partial charge in [0.15, 0.2) is 0 Å². The van der Waals surface area contributed by atoms with E-state index in [1.54, 1.807) is 0 Å². The highest BCUT2D eigenvalue weighted by molar-refractivity contribution is 7.80. The van der Waals surface area contributed by atoms with Gasteiger partial charge in [0.25, 0.3) is 0 Å². The van der Waals surface area contributed by atoms with Crippen LogP contribution in [0.1, 0.15) is 41.0 Å². The van der Waals surface area contributed by atoms with Gasteiger partial charge in [0.05, 0.1) is 0 Å². The molecule has 0 aromatic heterocycles. The molecule has 0 saturated carbocycles. The van der Waals surface area contributed by atoms with Crippen molar-refractivity contribution in [1.82, 2.24) is 0 Å². The van der Waals surface area contributed by atoms with E-state index < -0.39 is 0 Å². The molecule has 15 heavy (non-hydrogen) atoms. The Morgan fingerprint density at radius 3 is 2.20 bits per heavy atom. The SMILES string of the molecule is CC(C)(C)C(C1CCOC1)C(C)(C)CS. The fourth-order valence-electron chi connectivity index (χ4n) is 3.43. The fourth-order valence-corrected chi connectivity index (χ4v) is 3.63. The maximum atomic E-state index is 5.55. The topological polar surface area (TPSA) is 9.23 Å². The van der Waals surface area contributed by atoms with Gasteiger partial charge in [0.1, 0.15) is 0 Å². The van der Waals surface area contributed by atoms with Crippen molar-refractivity contribution in [3.63, 3.8) is 0 Å². The molecule has 0 spiro atoms. The lowest BCUT2D eigenvalue weighted by atomic mass is 9.61. The van der Waals surface area contributed by atoms with Gasteiger partial charge in [0.2, 0.25) is 0 Å². The average Bonchev–Trinajstić information content (AvgIpc) is 2.54. The Morgan fingerprint density at radius 1 is 1.27 bits per heavy atom. The summed E-state index contributed by atoms with van der Waals surface area (Å²) in [5, 5.41) is 0. The van der Waals surface area contributed by atoms with E-state index in [-0.39, 0.29) is 0 Å². The highest BCUT2D eigenvalue weighted by Gasteiger charge is 2.43. The molecule has 0 aromatic carbocycles. The van der Waals surface area contributed by atoms with Crippen molar-refractivity contribution in [2.75, 3.05) is 19.0 Å². The summed E-state index contributed by atoms with van der Waals surface area (Å²) in [5.41, 5.74) is 0.629. The molecule has 1 nitrogen and oxygen atoms in total. The summed E-state index contributed by atoms with van der Waals surface area (Å²) >= 11 is 4.52. The van der Waals surface area contributed by atoms with Crippen LogP contribution in [0, 0.1) is 22.7 Å². The molecule has 2 atom stereocenters. The standard InChI is InChI=1S/C13H26OS/c1-12(2,3)11(13(4,5)9-15)10-6-7-14-8-10/h10-11,15H,6-9H2,1-5H3. The molecule has 1 heterocycles. The molecule has 2 unspecified atom stereocenters. The smallest absolute Gasteiger partial charge is 0.0498 e. The van der Waals surface area contributed by atoms with Crippen molar-refractivity contribution in [3.8, 4) is 0 Å². The summed E-state index contributed by atoms with van der Waals surface area (Å²) in [6.45, 7) is 13.6. The Bertz CT molecular complexity index is 199.